The lowest BCUT2D eigenvalue weighted by molar-refractivity contribution is 0.312. The van der Waals surface area contributed by atoms with Crippen molar-refractivity contribution >= 4 is 0 Å². The fraction of sp³-hybridized carbons (Fsp3) is 0.667. The van der Waals surface area contributed by atoms with E-state index in [-0.39, 0.29) is 0 Å². The van der Waals surface area contributed by atoms with Gasteiger partial charge in [0.1, 0.15) is 0 Å². The van der Waals surface area contributed by atoms with Crippen molar-refractivity contribution < 1.29 is 0 Å². The second-order valence-corrected chi connectivity index (χ2v) is 4.84. The van der Waals surface area contributed by atoms with Crippen LogP contribution in [0.5, 0.6) is 0 Å². The highest BCUT2D eigenvalue weighted by molar-refractivity contribution is 4.98. The molecule has 0 amide bonds. The topological polar surface area (TPSA) is 3.24 Å². The number of nitrogens with zero attached hydrogens (tertiary/aromatic N) is 1. The lowest BCUT2D eigenvalue weighted by atomic mass is 9.82. The summed E-state index contributed by atoms with van der Waals surface area (Å²) in [6.45, 7) is 14.9. The zero-order chi connectivity index (χ0) is 10.6. The third kappa shape index (κ3) is 4.76. The molecule has 0 fully saturated rings. The average molecular weight is 181 g/mol. The standard InChI is InChI=1S/C12H23N/c1-10(2)13(7)9-8-11(3)12(4,5)6/h8-9,11H,1H2,2-7H3/b9-8-. The summed E-state index contributed by atoms with van der Waals surface area (Å²) in [6, 6.07) is 0. The van der Waals surface area contributed by atoms with Crippen molar-refractivity contribution in [3.05, 3.63) is 24.6 Å². The maximum Gasteiger partial charge on any atom is 0.0108 e. The van der Waals surface area contributed by atoms with Crippen molar-refractivity contribution in [2.45, 2.75) is 34.6 Å². The van der Waals surface area contributed by atoms with Gasteiger partial charge in [-0.2, -0.15) is 0 Å². The Kier molecular flexibility index (Phi) is 4.25. The highest BCUT2D eigenvalue weighted by atomic mass is 15.1. The molecule has 0 radical (unpaired) electrons. The van der Waals surface area contributed by atoms with E-state index in [1.54, 1.807) is 0 Å². The predicted molar refractivity (Wildman–Crippen MR) is 60.3 cm³/mol. The van der Waals surface area contributed by atoms with Gasteiger partial charge in [-0.05, 0) is 24.5 Å². The first kappa shape index (κ1) is 12.3. The van der Waals surface area contributed by atoms with Gasteiger partial charge in [-0.3, -0.25) is 0 Å². The summed E-state index contributed by atoms with van der Waals surface area (Å²) < 4.78 is 0. The summed E-state index contributed by atoms with van der Waals surface area (Å²) >= 11 is 0. The lowest BCUT2D eigenvalue weighted by Crippen LogP contribution is -2.16. The van der Waals surface area contributed by atoms with Gasteiger partial charge in [0.05, 0.1) is 0 Å². The van der Waals surface area contributed by atoms with Crippen LogP contribution in [-0.2, 0) is 0 Å². The van der Waals surface area contributed by atoms with E-state index in [2.05, 4.69) is 46.5 Å². The number of allylic oxidation sites excluding steroid dienone is 2. The summed E-state index contributed by atoms with van der Waals surface area (Å²) in [5.41, 5.74) is 1.41. The van der Waals surface area contributed by atoms with E-state index in [1.165, 1.54) is 0 Å². The zero-order valence-corrected chi connectivity index (χ0v) is 9.89. The van der Waals surface area contributed by atoms with Crippen molar-refractivity contribution in [3.63, 3.8) is 0 Å². The molecule has 0 rings (SSSR count). The molecule has 13 heavy (non-hydrogen) atoms. The van der Waals surface area contributed by atoms with Crippen LogP contribution in [0.15, 0.2) is 24.6 Å². The van der Waals surface area contributed by atoms with Crippen LogP contribution in [0.2, 0.25) is 0 Å². The third-order valence-electron chi connectivity index (χ3n) is 2.57. The Labute approximate surface area is 83.1 Å². The molecule has 0 bridgehead atoms. The molecule has 0 aliphatic carbocycles. The molecule has 0 N–H and O–H groups in total. The van der Waals surface area contributed by atoms with Crippen molar-refractivity contribution in [1.29, 1.82) is 0 Å². The largest absolute Gasteiger partial charge is 0.356 e. The highest BCUT2D eigenvalue weighted by Crippen LogP contribution is 2.26. The van der Waals surface area contributed by atoms with Gasteiger partial charge in [0.2, 0.25) is 0 Å². The van der Waals surface area contributed by atoms with Crippen molar-refractivity contribution in [2.24, 2.45) is 11.3 Å². The van der Waals surface area contributed by atoms with E-state index in [0.29, 0.717) is 11.3 Å². The molecule has 1 heteroatoms. The predicted octanol–water partition coefficient (Wildman–Crippen LogP) is 3.65. The van der Waals surface area contributed by atoms with Crippen LogP contribution < -0.4 is 0 Å². The van der Waals surface area contributed by atoms with Gasteiger partial charge in [-0.15, -0.1) is 0 Å². The average Bonchev–Trinajstić information content (AvgIpc) is 1.97. The maximum absolute atomic E-state index is 3.87. The zero-order valence-electron chi connectivity index (χ0n) is 9.89. The Morgan fingerprint density at radius 2 is 1.85 bits per heavy atom. The van der Waals surface area contributed by atoms with Gasteiger partial charge in [0.15, 0.2) is 0 Å². The minimum Gasteiger partial charge on any atom is -0.356 e. The Balaban J connectivity index is 4.20. The molecule has 0 spiro atoms. The van der Waals surface area contributed by atoms with Crippen LogP contribution in [0, 0.1) is 11.3 Å². The fourth-order valence-corrected chi connectivity index (χ4v) is 0.674. The van der Waals surface area contributed by atoms with E-state index < -0.39 is 0 Å². The molecule has 76 valence electrons. The summed E-state index contributed by atoms with van der Waals surface area (Å²) in [5, 5.41) is 0. The van der Waals surface area contributed by atoms with Crippen LogP contribution in [0.1, 0.15) is 34.6 Å². The van der Waals surface area contributed by atoms with E-state index in [9.17, 15) is 0 Å². The molecule has 0 aromatic heterocycles. The number of hydrogen-bond donors (Lipinski definition) is 0. The molecular weight excluding hydrogens is 158 g/mol. The smallest absolute Gasteiger partial charge is 0.0108 e. The lowest BCUT2D eigenvalue weighted by Gasteiger charge is -2.25. The molecular formula is C12H23N. The van der Waals surface area contributed by atoms with Gasteiger partial charge in [-0.25, -0.2) is 0 Å². The molecule has 1 atom stereocenters. The Hall–Kier alpha value is -0.720. The monoisotopic (exact) mass is 181 g/mol. The van der Waals surface area contributed by atoms with Gasteiger partial charge in [-0.1, -0.05) is 40.3 Å². The number of hydrogen-bond acceptors (Lipinski definition) is 1. The first-order valence-corrected chi connectivity index (χ1v) is 4.82. The molecule has 0 aliphatic heterocycles. The van der Waals surface area contributed by atoms with Crippen LogP contribution in [0.25, 0.3) is 0 Å². The van der Waals surface area contributed by atoms with E-state index >= 15 is 0 Å². The van der Waals surface area contributed by atoms with Gasteiger partial charge >= 0.3 is 0 Å². The molecule has 0 aliphatic rings. The normalized spacial score (nSPS) is 14.6. The molecule has 0 aromatic rings. The maximum atomic E-state index is 3.87. The molecule has 0 heterocycles. The Morgan fingerprint density at radius 3 is 2.15 bits per heavy atom. The summed E-state index contributed by atoms with van der Waals surface area (Å²) in [5.74, 6) is 0.578. The van der Waals surface area contributed by atoms with Gasteiger partial charge in [0.25, 0.3) is 0 Å². The quantitative estimate of drug-likeness (QED) is 0.642. The summed E-state index contributed by atoms with van der Waals surface area (Å²) in [6.07, 6.45) is 4.33. The minimum absolute atomic E-state index is 0.340. The molecule has 0 saturated heterocycles. The Bertz CT molecular complexity index is 196. The first-order chi connectivity index (χ1) is 5.75. The third-order valence-corrected chi connectivity index (χ3v) is 2.57. The van der Waals surface area contributed by atoms with Crippen molar-refractivity contribution in [1.82, 2.24) is 4.90 Å². The van der Waals surface area contributed by atoms with E-state index in [0.717, 1.165) is 5.70 Å². The minimum atomic E-state index is 0.340. The van der Waals surface area contributed by atoms with Crippen molar-refractivity contribution in [2.75, 3.05) is 7.05 Å². The molecule has 0 aromatic carbocycles. The van der Waals surface area contributed by atoms with Crippen LogP contribution >= 0.6 is 0 Å². The molecule has 1 unspecified atom stereocenters. The number of rotatable bonds is 3. The van der Waals surface area contributed by atoms with E-state index in [4.69, 9.17) is 0 Å². The van der Waals surface area contributed by atoms with Gasteiger partial charge < -0.3 is 4.90 Å². The Morgan fingerprint density at radius 1 is 1.38 bits per heavy atom. The molecule has 1 nitrogen and oxygen atoms in total. The van der Waals surface area contributed by atoms with Crippen LogP contribution in [-0.4, -0.2) is 11.9 Å². The van der Waals surface area contributed by atoms with Crippen molar-refractivity contribution in [3.8, 4) is 0 Å². The first-order valence-electron chi connectivity index (χ1n) is 4.82. The fourth-order valence-electron chi connectivity index (χ4n) is 0.674. The van der Waals surface area contributed by atoms with E-state index in [1.807, 2.05) is 18.9 Å². The van der Waals surface area contributed by atoms with Crippen LogP contribution in [0.4, 0.5) is 0 Å². The molecule has 0 saturated carbocycles. The van der Waals surface area contributed by atoms with Crippen LogP contribution in [0.3, 0.4) is 0 Å². The second-order valence-electron chi connectivity index (χ2n) is 4.84. The second kappa shape index (κ2) is 4.50. The SMILES string of the molecule is C=C(C)N(C)/C=C\C(C)C(C)(C)C. The summed E-state index contributed by atoms with van der Waals surface area (Å²) in [4.78, 5) is 2.04. The summed E-state index contributed by atoms with van der Waals surface area (Å²) in [7, 11) is 2.02. The highest BCUT2D eigenvalue weighted by Gasteiger charge is 2.16. The van der Waals surface area contributed by atoms with Gasteiger partial charge in [0, 0.05) is 12.7 Å².